The normalized spacial score (nSPS) is 12.4. The Hall–Kier alpha value is -3.68. The lowest BCUT2D eigenvalue weighted by atomic mass is 10.2. The second-order valence-corrected chi connectivity index (χ2v) is 9.24. The maximum Gasteiger partial charge on any atom is 0.307 e. The van der Waals surface area contributed by atoms with Crippen molar-refractivity contribution in [3.05, 3.63) is 69.0 Å². The van der Waals surface area contributed by atoms with Crippen LogP contribution in [0.4, 0.5) is 5.69 Å². The van der Waals surface area contributed by atoms with Crippen molar-refractivity contribution in [2.75, 3.05) is 7.11 Å². The summed E-state index contributed by atoms with van der Waals surface area (Å²) in [7, 11) is -2.67. The van der Waals surface area contributed by atoms with Gasteiger partial charge in [0, 0.05) is 24.8 Å². The molecule has 172 valence electrons. The van der Waals surface area contributed by atoms with E-state index in [0.717, 1.165) is 11.3 Å². The van der Waals surface area contributed by atoms with Crippen molar-refractivity contribution in [3.8, 4) is 0 Å². The Labute approximate surface area is 191 Å². The first-order valence-corrected chi connectivity index (χ1v) is 11.7. The number of esters is 1. The van der Waals surface area contributed by atoms with E-state index < -0.39 is 26.8 Å². The quantitative estimate of drug-likeness (QED) is 0.229. The van der Waals surface area contributed by atoms with E-state index in [1.54, 1.807) is 4.57 Å². The van der Waals surface area contributed by atoms with Crippen LogP contribution in [0.3, 0.4) is 0 Å². The number of methoxy groups -OCH3 is 1. The van der Waals surface area contributed by atoms with E-state index in [9.17, 15) is 28.1 Å². The fraction of sp³-hybridized carbons (Fsp3) is 0.150. The maximum atomic E-state index is 12.4. The van der Waals surface area contributed by atoms with Gasteiger partial charge in [0.1, 0.15) is 0 Å². The SMILES string of the molecule is COC(=O)CCn1c(=NC(=O)/C=C/c2ccc([N+](=O)[O-])cc2)sc2cc(S(N)(=O)=O)ccc21. The fourth-order valence-electron chi connectivity index (χ4n) is 2.84. The van der Waals surface area contributed by atoms with E-state index in [0.29, 0.717) is 15.8 Å². The summed E-state index contributed by atoms with van der Waals surface area (Å²) >= 11 is 1.06. The smallest absolute Gasteiger partial charge is 0.307 e. The molecule has 3 aromatic rings. The van der Waals surface area contributed by atoms with Crippen LogP contribution in [0.25, 0.3) is 16.3 Å². The topological polar surface area (TPSA) is 164 Å². The highest BCUT2D eigenvalue weighted by Gasteiger charge is 2.14. The third-order valence-corrected chi connectivity index (χ3v) is 6.43. The van der Waals surface area contributed by atoms with Gasteiger partial charge in [0.2, 0.25) is 10.0 Å². The second-order valence-electron chi connectivity index (χ2n) is 6.67. The highest BCUT2D eigenvalue weighted by molar-refractivity contribution is 7.89. The molecule has 1 amide bonds. The van der Waals surface area contributed by atoms with Gasteiger partial charge in [-0.15, -0.1) is 0 Å². The van der Waals surface area contributed by atoms with E-state index in [1.165, 1.54) is 61.7 Å². The molecule has 1 heterocycles. The van der Waals surface area contributed by atoms with Gasteiger partial charge in [0.05, 0.1) is 33.6 Å². The van der Waals surface area contributed by atoms with Crippen LogP contribution in [0.1, 0.15) is 12.0 Å². The fourth-order valence-corrected chi connectivity index (χ4v) is 4.56. The highest BCUT2D eigenvalue weighted by Crippen LogP contribution is 2.22. The van der Waals surface area contributed by atoms with Gasteiger partial charge in [-0.1, -0.05) is 11.3 Å². The maximum absolute atomic E-state index is 12.4. The molecule has 11 nitrogen and oxygen atoms in total. The molecule has 13 heteroatoms. The highest BCUT2D eigenvalue weighted by atomic mass is 32.2. The molecule has 0 unspecified atom stereocenters. The summed E-state index contributed by atoms with van der Waals surface area (Å²) in [5.74, 6) is -1.07. The van der Waals surface area contributed by atoms with Crippen molar-refractivity contribution in [2.45, 2.75) is 17.9 Å². The number of amides is 1. The molecule has 1 aromatic heterocycles. The minimum Gasteiger partial charge on any atom is -0.469 e. The van der Waals surface area contributed by atoms with Crippen LogP contribution < -0.4 is 9.94 Å². The largest absolute Gasteiger partial charge is 0.469 e. The summed E-state index contributed by atoms with van der Waals surface area (Å²) in [6.07, 6.45) is 2.67. The van der Waals surface area contributed by atoms with Crippen LogP contribution in [0.5, 0.6) is 0 Å². The average molecular weight is 491 g/mol. The molecule has 0 saturated carbocycles. The number of sulfonamides is 1. The molecule has 33 heavy (non-hydrogen) atoms. The van der Waals surface area contributed by atoms with Gasteiger partial charge in [-0.2, -0.15) is 4.99 Å². The minimum absolute atomic E-state index is 0.0132. The number of hydrogen-bond acceptors (Lipinski definition) is 8. The number of nitro groups is 1. The van der Waals surface area contributed by atoms with E-state index in [1.807, 2.05) is 0 Å². The van der Waals surface area contributed by atoms with E-state index in [2.05, 4.69) is 9.73 Å². The zero-order chi connectivity index (χ0) is 24.2. The van der Waals surface area contributed by atoms with Gasteiger partial charge in [-0.05, 0) is 42.0 Å². The first-order chi connectivity index (χ1) is 15.6. The number of aromatic nitrogens is 1. The number of nitrogens with two attached hydrogens (primary N) is 1. The van der Waals surface area contributed by atoms with Crippen LogP contribution in [0, 0.1) is 10.1 Å². The number of thiazole rings is 1. The number of primary sulfonamides is 1. The number of nitro benzene ring substituents is 1. The molecule has 0 fully saturated rings. The Morgan fingerprint density at radius 1 is 1.24 bits per heavy atom. The summed E-state index contributed by atoms with van der Waals surface area (Å²) in [6.45, 7) is 0.152. The number of fused-ring (bicyclic) bond motifs is 1. The van der Waals surface area contributed by atoms with Crippen molar-refractivity contribution in [1.29, 1.82) is 0 Å². The lowest BCUT2D eigenvalue weighted by Gasteiger charge is -2.05. The monoisotopic (exact) mass is 490 g/mol. The van der Waals surface area contributed by atoms with Crippen LogP contribution >= 0.6 is 11.3 Å². The number of carbonyl (C=O) groups is 2. The molecule has 2 aromatic carbocycles. The van der Waals surface area contributed by atoms with Crippen molar-refractivity contribution >= 4 is 55.2 Å². The number of carbonyl (C=O) groups excluding carboxylic acids is 2. The van der Waals surface area contributed by atoms with Gasteiger partial charge in [-0.3, -0.25) is 19.7 Å². The number of ether oxygens (including phenoxy) is 1. The van der Waals surface area contributed by atoms with Crippen LogP contribution in [-0.4, -0.2) is 36.9 Å². The number of non-ortho nitro benzene ring substituents is 1. The Kier molecular flexibility index (Phi) is 7.16. The van der Waals surface area contributed by atoms with Gasteiger partial charge in [0.15, 0.2) is 4.80 Å². The number of hydrogen-bond donors (Lipinski definition) is 1. The summed E-state index contributed by atoms with van der Waals surface area (Å²) in [6, 6.07) is 9.85. The Morgan fingerprint density at radius 3 is 2.55 bits per heavy atom. The number of nitrogens with zero attached hydrogens (tertiary/aromatic N) is 3. The Bertz CT molecular complexity index is 1440. The van der Waals surface area contributed by atoms with E-state index in [-0.39, 0.29) is 28.3 Å². The molecule has 0 bridgehead atoms. The summed E-state index contributed by atoms with van der Waals surface area (Å²) in [5, 5.41) is 15.9. The first kappa shape index (κ1) is 24.0. The number of rotatable bonds is 7. The number of aryl methyl sites for hydroxylation is 1. The molecule has 0 aliphatic carbocycles. The molecule has 0 atom stereocenters. The molecule has 2 N–H and O–H groups in total. The molecule has 0 radical (unpaired) electrons. The predicted octanol–water partition coefficient (Wildman–Crippen LogP) is 1.96. The third-order valence-electron chi connectivity index (χ3n) is 4.48. The standard InChI is InChI=1S/C20H18N4O7S2/c1-31-19(26)10-11-23-16-8-7-15(33(21,29)30)12-17(16)32-20(23)22-18(25)9-4-13-2-5-14(6-3-13)24(27)28/h2-9,12H,10-11H2,1H3,(H2,21,29,30)/b9-4+,22-20?. The number of benzene rings is 2. The van der Waals surface area contributed by atoms with Crippen LogP contribution in [0.2, 0.25) is 0 Å². The van der Waals surface area contributed by atoms with Gasteiger partial charge < -0.3 is 9.30 Å². The van der Waals surface area contributed by atoms with Gasteiger partial charge in [-0.25, -0.2) is 13.6 Å². The minimum atomic E-state index is -3.93. The molecule has 0 saturated heterocycles. The van der Waals surface area contributed by atoms with Gasteiger partial charge >= 0.3 is 5.97 Å². The predicted molar refractivity (Wildman–Crippen MR) is 121 cm³/mol. The van der Waals surface area contributed by atoms with Crippen molar-refractivity contribution in [3.63, 3.8) is 0 Å². The molecule has 0 aliphatic rings. The van der Waals surface area contributed by atoms with Gasteiger partial charge in [0.25, 0.3) is 11.6 Å². The summed E-state index contributed by atoms with van der Waals surface area (Å²) < 4.78 is 30.1. The van der Waals surface area contributed by atoms with Crippen LogP contribution in [-0.2, 0) is 30.9 Å². The average Bonchev–Trinajstić information content (AvgIpc) is 3.11. The summed E-state index contributed by atoms with van der Waals surface area (Å²) in [5.41, 5.74) is 1.07. The molecular weight excluding hydrogens is 472 g/mol. The molecular formula is C20H18N4O7S2. The molecule has 3 rings (SSSR count). The lowest BCUT2D eigenvalue weighted by Crippen LogP contribution is -2.19. The Morgan fingerprint density at radius 2 is 1.94 bits per heavy atom. The van der Waals surface area contributed by atoms with Crippen LogP contribution in [0.15, 0.2) is 58.4 Å². The second kappa shape index (κ2) is 9.85. The first-order valence-electron chi connectivity index (χ1n) is 9.33. The summed E-state index contributed by atoms with van der Waals surface area (Å²) in [4.78, 5) is 38.5. The zero-order valence-corrected chi connectivity index (χ0v) is 18.8. The Balaban J connectivity index is 1.98. The molecule has 0 aliphatic heterocycles. The molecule has 0 spiro atoms. The van der Waals surface area contributed by atoms with Crippen molar-refractivity contribution in [1.82, 2.24) is 4.57 Å². The van der Waals surface area contributed by atoms with E-state index in [4.69, 9.17) is 5.14 Å². The third kappa shape index (κ3) is 5.97. The van der Waals surface area contributed by atoms with E-state index >= 15 is 0 Å². The zero-order valence-electron chi connectivity index (χ0n) is 17.2. The lowest BCUT2D eigenvalue weighted by molar-refractivity contribution is -0.384. The van der Waals surface area contributed by atoms with Crippen molar-refractivity contribution < 1.29 is 27.7 Å². The van der Waals surface area contributed by atoms with Crippen molar-refractivity contribution in [2.24, 2.45) is 10.1 Å².